The first-order chi connectivity index (χ1) is 30.8. The number of phosphoric acid groups is 1. The van der Waals surface area contributed by atoms with Gasteiger partial charge < -0.3 is 20.1 Å². The van der Waals surface area contributed by atoms with Crippen LogP contribution in [-0.2, 0) is 32.7 Å². The van der Waals surface area contributed by atoms with Crippen LogP contribution >= 0.6 is 7.82 Å². The van der Waals surface area contributed by atoms with Crippen LogP contribution in [0.4, 0.5) is 0 Å². The van der Waals surface area contributed by atoms with Gasteiger partial charge in [0.05, 0.1) is 13.2 Å². The average molecular weight is 900 g/mol. The molecule has 0 saturated carbocycles. The lowest BCUT2D eigenvalue weighted by molar-refractivity contribution is -0.161. The fraction of sp³-hybridized carbons (Fsp3) is 0.660. The average Bonchev–Trinajstić information content (AvgIpc) is 3.27. The molecule has 2 unspecified atom stereocenters. The monoisotopic (exact) mass is 900 g/mol. The van der Waals surface area contributed by atoms with E-state index < -0.39 is 32.5 Å². The molecule has 0 spiro atoms. The predicted molar refractivity (Wildman–Crippen MR) is 265 cm³/mol. The smallest absolute Gasteiger partial charge is 0.462 e. The number of nitrogens with two attached hydrogens (primary N) is 1. The van der Waals surface area contributed by atoms with Crippen LogP contribution in [0.15, 0.2) is 97.2 Å². The minimum Gasteiger partial charge on any atom is -0.462 e. The summed E-state index contributed by atoms with van der Waals surface area (Å²) in [5.74, 6) is -0.851. The first-order valence-electron chi connectivity index (χ1n) is 24.7. The molecular formula is C53H90NO8P. The Hall–Kier alpha value is -3.07. The second kappa shape index (κ2) is 48.4. The van der Waals surface area contributed by atoms with Crippen LogP contribution in [-0.4, -0.2) is 49.3 Å². The molecule has 0 aliphatic heterocycles. The molecule has 360 valence electrons. The molecule has 2 atom stereocenters. The maximum Gasteiger partial charge on any atom is 0.472 e. The van der Waals surface area contributed by atoms with Crippen LogP contribution in [0.3, 0.4) is 0 Å². The van der Waals surface area contributed by atoms with Gasteiger partial charge in [0.15, 0.2) is 6.10 Å². The van der Waals surface area contributed by atoms with Gasteiger partial charge in [0.2, 0.25) is 0 Å². The van der Waals surface area contributed by atoms with E-state index in [1.165, 1.54) is 51.4 Å². The van der Waals surface area contributed by atoms with Gasteiger partial charge in [-0.3, -0.25) is 18.6 Å². The number of allylic oxidation sites excluding steroid dienone is 16. The Labute approximate surface area is 385 Å². The van der Waals surface area contributed by atoms with Crippen LogP contribution < -0.4 is 5.73 Å². The largest absolute Gasteiger partial charge is 0.472 e. The van der Waals surface area contributed by atoms with Crippen molar-refractivity contribution in [2.45, 2.75) is 200 Å². The number of carbonyl (C=O) groups is 2. The summed E-state index contributed by atoms with van der Waals surface area (Å²) in [5, 5.41) is 0. The second-order valence-corrected chi connectivity index (χ2v) is 17.4. The Morgan fingerprint density at radius 1 is 0.492 bits per heavy atom. The van der Waals surface area contributed by atoms with Crippen LogP contribution in [0.5, 0.6) is 0 Å². The predicted octanol–water partition coefficient (Wildman–Crippen LogP) is 14.9. The number of rotatable bonds is 45. The molecule has 63 heavy (non-hydrogen) atoms. The van der Waals surface area contributed by atoms with Gasteiger partial charge in [0.1, 0.15) is 6.61 Å². The third-order valence-corrected chi connectivity index (χ3v) is 11.0. The molecule has 0 fully saturated rings. The van der Waals surface area contributed by atoms with Crippen molar-refractivity contribution in [2.24, 2.45) is 5.73 Å². The van der Waals surface area contributed by atoms with Crippen LogP contribution in [0, 0.1) is 0 Å². The van der Waals surface area contributed by atoms with Crippen molar-refractivity contribution >= 4 is 19.8 Å². The molecule has 0 rings (SSSR count). The lowest BCUT2D eigenvalue weighted by Gasteiger charge is -2.19. The molecule has 0 bridgehead atoms. The van der Waals surface area contributed by atoms with E-state index in [1.54, 1.807) is 0 Å². The summed E-state index contributed by atoms with van der Waals surface area (Å²) in [6.07, 6.45) is 63.1. The molecule has 10 heteroatoms. The van der Waals surface area contributed by atoms with Crippen molar-refractivity contribution in [1.29, 1.82) is 0 Å². The van der Waals surface area contributed by atoms with E-state index in [2.05, 4.69) is 111 Å². The quantitative estimate of drug-likeness (QED) is 0.0265. The highest BCUT2D eigenvalue weighted by molar-refractivity contribution is 7.47. The molecule has 0 saturated heterocycles. The minimum atomic E-state index is -4.39. The van der Waals surface area contributed by atoms with Crippen molar-refractivity contribution in [3.63, 3.8) is 0 Å². The number of unbranched alkanes of at least 4 members (excludes halogenated alkanes) is 16. The third-order valence-electron chi connectivity index (χ3n) is 9.98. The lowest BCUT2D eigenvalue weighted by Crippen LogP contribution is -2.29. The van der Waals surface area contributed by atoms with Gasteiger partial charge >= 0.3 is 19.8 Å². The molecule has 0 aromatic carbocycles. The Bertz CT molecular complexity index is 1350. The van der Waals surface area contributed by atoms with E-state index in [4.69, 9.17) is 24.3 Å². The summed E-state index contributed by atoms with van der Waals surface area (Å²) < 4.78 is 32.8. The van der Waals surface area contributed by atoms with Gasteiger partial charge in [-0.15, -0.1) is 0 Å². The van der Waals surface area contributed by atoms with E-state index in [1.807, 2.05) is 0 Å². The molecule has 0 aliphatic rings. The number of hydrogen-bond donors (Lipinski definition) is 2. The Morgan fingerprint density at radius 3 is 1.30 bits per heavy atom. The number of esters is 2. The Kier molecular flexibility index (Phi) is 46.0. The van der Waals surface area contributed by atoms with E-state index in [9.17, 15) is 19.0 Å². The van der Waals surface area contributed by atoms with E-state index in [0.29, 0.717) is 6.42 Å². The number of hydrogen-bond acceptors (Lipinski definition) is 8. The molecule has 0 heterocycles. The van der Waals surface area contributed by atoms with Crippen molar-refractivity contribution in [3.05, 3.63) is 97.2 Å². The van der Waals surface area contributed by atoms with Gasteiger partial charge in [-0.2, -0.15) is 0 Å². The number of ether oxygens (including phenoxy) is 2. The highest BCUT2D eigenvalue weighted by atomic mass is 31.2. The van der Waals surface area contributed by atoms with Gasteiger partial charge in [-0.1, -0.05) is 201 Å². The topological polar surface area (TPSA) is 134 Å². The summed E-state index contributed by atoms with van der Waals surface area (Å²) in [6.45, 7) is 3.58. The van der Waals surface area contributed by atoms with Crippen molar-refractivity contribution < 1.29 is 37.6 Å². The summed E-state index contributed by atoms with van der Waals surface area (Å²) in [4.78, 5) is 34.9. The van der Waals surface area contributed by atoms with Gasteiger partial charge in [0, 0.05) is 19.4 Å². The summed E-state index contributed by atoms with van der Waals surface area (Å²) in [7, 11) is -4.39. The molecule has 0 aromatic heterocycles. The molecule has 3 N–H and O–H groups in total. The van der Waals surface area contributed by atoms with Crippen molar-refractivity contribution in [1.82, 2.24) is 0 Å². The van der Waals surface area contributed by atoms with Gasteiger partial charge in [-0.25, -0.2) is 4.57 Å². The third kappa shape index (κ3) is 48.2. The van der Waals surface area contributed by atoms with Gasteiger partial charge in [0.25, 0.3) is 0 Å². The summed E-state index contributed by atoms with van der Waals surface area (Å²) in [6, 6.07) is 0. The number of carbonyl (C=O) groups excluding carboxylic acids is 2. The highest BCUT2D eigenvalue weighted by Gasteiger charge is 2.26. The second-order valence-electron chi connectivity index (χ2n) is 16.0. The Balaban J connectivity index is 4.07. The molecule has 9 nitrogen and oxygen atoms in total. The Morgan fingerprint density at radius 2 is 0.873 bits per heavy atom. The molecule has 0 radical (unpaired) electrons. The standard InChI is InChI=1S/C53H90NO8P/c1-3-5-7-9-11-13-15-16-17-18-19-20-21-22-23-24-25-26-27-28-29-30-31-32-33-34-36-38-40-42-44-46-53(56)62-51(50-61-63(57,58)60-48-47-54)49-59-52(55)45-43-41-39-37-35-14-12-10-8-6-4-2/h5,7,11,13,16-17,19-20,22-23,25-26,28-29,31-32,51H,3-4,6,8-10,12,14-15,18,21,24,27,30,33-50,54H2,1-2H3,(H,57,58)/b7-5-,13-11-,17-16-,20-19-,23-22-,26-25-,29-28-,32-31-. The maximum absolute atomic E-state index is 12.6. The highest BCUT2D eigenvalue weighted by Crippen LogP contribution is 2.43. The van der Waals surface area contributed by atoms with Crippen LogP contribution in [0.2, 0.25) is 0 Å². The zero-order chi connectivity index (χ0) is 46.0. The maximum atomic E-state index is 12.6. The molecular weight excluding hydrogens is 810 g/mol. The van der Waals surface area contributed by atoms with E-state index >= 15 is 0 Å². The minimum absolute atomic E-state index is 0.0468. The summed E-state index contributed by atoms with van der Waals surface area (Å²) in [5.41, 5.74) is 5.35. The molecule has 0 aromatic rings. The zero-order valence-corrected chi connectivity index (χ0v) is 40.7. The van der Waals surface area contributed by atoms with Gasteiger partial charge in [-0.05, 0) is 77.0 Å². The first kappa shape index (κ1) is 59.9. The van der Waals surface area contributed by atoms with Crippen LogP contribution in [0.1, 0.15) is 194 Å². The fourth-order valence-electron chi connectivity index (χ4n) is 6.36. The first-order valence-corrected chi connectivity index (χ1v) is 26.2. The van der Waals surface area contributed by atoms with Crippen molar-refractivity contribution in [3.8, 4) is 0 Å². The SMILES string of the molecule is CC/C=C\C/C=C\C/C=C\C/C=C\C/C=C\C/C=C\C/C=C\C/C=C\CCCCCCCCC(=O)OC(COC(=O)CCCCCCCCCCCCC)COP(=O)(O)OCCN. The van der Waals surface area contributed by atoms with Crippen molar-refractivity contribution in [2.75, 3.05) is 26.4 Å². The normalized spacial score (nSPS) is 14.0. The zero-order valence-electron chi connectivity index (χ0n) is 39.8. The summed E-state index contributed by atoms with van der Waals surface area (Å²) >= 11 is 0. The molecule has 0 amide bonds. The number of phosphoric ester groups is 1. The fourth-order valence-corrected chi connectivity index (χ4v) is 7.12. The van der Waals surface area contributed by atoms with E-state index in [-0.39, 0.29) is 32.6 Å². The van der Waals surface area contributed by atoms with Crippen LogP contribution in [0.25, 0.3) is 0 Å². The lowest BCUT2D eigenvalue weighted by atomic mass is 10.1. The van der Waals surface area contributed by atoms with E-state index in [0.717, 1.165) is 109 Å². The molecule has 0 aliphatic carbocycles.